The van der Waals surface area contributed by atoms with E-state index in [2.05, 4.69) is 35.6 Å². The van der Waals surface area contributed by atoms with Gasteiger partial charge in [0, 0.05) is 6.61 Å². The number of unbranched alkanes of at least 4 members (excludes halogenated alkanes) is 1. The fourth-order valence-electron chi connectivity index (χ4n) is 1.38. The number of nitrogens with zero attached hydrogens (tertiary/aromatic N) is 1. The zero-order valence-electron chi connectivity index (χ0n) is 10.4. The predicted molar refractivity (Wildman–Crippen MR) is 79.5 cm³/mol. The summed E-state index contributed by atoms with van der Waals surface area (Å²) in [4.78, 5) is 0. The topological polar surface area (TPSA) is 68.3 Å². The summed E-state index contributed by atoms with van der Waals surface area (Å²) in [5, 5.41) is 8.80. The van der Waals surface area contributed by atoms with Gasteiger partial charge in [-0.1, -0.05) is 13.3 Å². The minimum absolute atomic E-state index is 0.468. The number of hydrogen-bond acceptors (Lipinski definition) is 4. The highest BCUT2D eigenvalue weighted by atomic mass is 127. The highest BCUT2D eigenvalue weighted by Gasteiger charge is 2.08. The van der Waals surface area contributed by atoms with Gasteiger partial charge in [0.05, 0.1) is 27.5 Å². The summed E-state index contributed by atoms with van der Waals surface area (Å²) < 4.78 is 11.8. The zero-order chi connectivity index (χ0) is 13.4. The van der Waals surface area contributed by atoms with E-state index in [1.165, 1.54) is 0 Å². The first-order valence-corrected chi connectivity index (χ1v) is 6.96. The van der Waals surface area contributed by atoms with Gasteiger partial charge in [-0.25, -0.2) is 0 Å². The van der Waals surface area contributed by atoms with Crippen molar-refractivity contribution in [2.75, 3.05) is 25.6 Å². The Morgan fingerprint density at radius 1 is 1.33 bits per heavy atom. The van der Waals surface area contributed by atoms with E-state index in [-0.39, 0.29) is 0 Å². The Bertz CT molecular complexity index is 406. The molecule has 0 spiro atoms. The summed E-state index contributed by atoms with van der Waals surface area (Å²) in [5.41, 5.74) is 6.88. The molecule has 18 heavy (non-hydrogen) atoms. The number of nitrogen functional groups attached to an aromatic ring is 1. The lowest BCUT2D eigenvalue weighted by Crippen LogP contribution is -2.09. The Balaban J connectivity index is 2.45. The van der Waals surface area contributed by atoms with Gasteiger partial charge < -0.3 is 15.2 Å². The summed E-state index contributed by atoms with van der Waals surface area (Å²) >= 11 is 2.11. The van der Waals surface area contributed by atoms with E-state index >= 15 is 0 Å². The van der Waals surface area contributed by atoms with Crippen LogP contribution in [0.4, 0.5) is 5.69 Å². The smallest absolute Gasteiger partial charge is 0.155 e. The van der Waals surface area contributed by atoms with Crippen molar-refractivity contribution < 1.29 is 9.47 Å². The van der Waals surface area contributed by atoms with Gasteiger partial charge in [-0.15, -0.1) is 0 Å². The number of anilines is 1. The van der Waals surface area contributed by atoms with Crippen molar-refractivity contribution in [2.45, 2.75) is 19.8 Å². The molecule has 2 N–H and O–H groups in total. The lowest BCUT2D eigenvalue weighted by molar-refractivity contribution is 0.0980. The van der Waals surface area contributed by atoms with Crippen molar-refractivity contribution in [3.8, 4) is 11.8 Å². The molecule has 0 saturated carbocycles. The van der Waals surface area contributed by atoms with Gasteiger partial charge in [-0.2, -0.15) is 5.26 Å². The van der Waals surface area contributed by atoms with Gasteiger partial charge >= 0.3 is 0 Å². The molecule has 5 heteroatoms. The molecule has 0 aliphatic rings. The Labute approximate surface area is 121 Å². The first-order chi connectivity index (χ1) is 8.69. The first kappa shape index (κ1) is 15.1. The number of nitrogens with two attached hydrogens (primary N) is 1. The third kappa shape index (κ3) is 4.70. The highest BCUT2D eigenvalue weighted by molar-refractivity contribution is 14.1. The summed E-state index contributed by atoms with van der Waals surface area (Å²) in [6.07, 6.45) is 2.19. The Hall–Kier alpha value is -1.00. The average molecular weight is 360 g/mol. The minimum atomic E-state index is 0.468. The number of halogens is 1. The summed E-state index contributed by atoms with van der Waals surface area (Å²) in [6.45, 7) is 3.91. The van der Waals surface area contributed by atoms with Crippen LogP contribution in [0.1, 0.15) is 25.3 Å². The molecule has 0 aromatic heterocycles. The molecule has 0 aliphatic carbocycles. The van der Waals surface area contributed by atoms with Crippen molar-refractivity contribution in [3.63, 3.8) is 0 Å². The lowest BCUT2D eigenvalue weighted by Gasteiger charge is -2.11. The quantitative estimate of drug-likeness (QED) is 0.461. The van der Waals surface area contributed by atoms with E-state index in [0.717, 1.165) is 23.0 Å². The normalized spacial score (nSPS) is 10.1. The molecule has 0 unspecified atom stereocenters. The van der Waals surface area contributed by atoms with Crippen LogP contribution in [0.15, 0.2) is 12.1 Å². The zero-order valence-corrected chi connectivity index (χ0v) is 12.6. The largest absolute Gasteiger partial charge is 0.488 e. The second-order valence-electron chi connectivity index (χ2n) is 3.80. The third-order valence-corrected chi connectivity index (χ3v) is 3.12. The molecule has 1 aromatic rings. The van der Waals surface area contributed by atoms with Crippen molar-refractivity contribution in [3.05, 3.63) is 21.3 Å². The summed E-state index contributed by atoms with van der Waals surface area (Å²) in [5.74, 6) is 0.633. The molecule has 0 bridgehead atoms. The van der Waals surface area contributed by atoms with Crippen LogP contribution in [0, 0.1) is 14.9 Å². The fourth-order valence-corrected chi connectivity index (χ4v) is 2.19. The van der Waals surface area contributed by atoms with Gasteiger partial charge in [0.2, 0.25) is 0 Å². The van der Waals surface area contributed by atoms with Crippen LogP contribution in [0.5, 0.6) is 5.75 Å². The molecular formula is C13H17IN2O2. The van der Waals surface area contributed by atoms with Gasteiger partial charge in [0.25, 0.3) is 0 Å². The number of benzene rings is 1. The average Bonchev–Trinajstić information content (AvgIpc) is 2.35. The minimum Gasteiger partial charge on any atom is -0.488 e. The maximum atomic E-state index is 8.80. The molecule has 0 heterocycles. The van der Waals surface area contributed by atoms with Crippen LogP contribution in [0.3, 0.4) is 0 Å². The van der Waals surface area contributed by atoms with Crippen LogP contribution >= 0.6 is 22.6 Å². The van der Waals surface area contributed by atoms with Crippen LogP contribution in [0.25, 0.3) is 0 Å². The maximum absolute atomic E-state index is 8.80. The van der Waals surface area contributed by atoms with Crippen molar-refractivity contribution >= 4 is 28.3 Å². The Morgan fingerprint density at radius 3 is 2.72 bits per heavy atom. The summed E-state index contributed by atoms with van der Waals surface area (Å²) in [7, 11) is 0. The standard InChI is InChI=1S/C13H17IN2O2/c1-2-3-4-17-5-6-18-13-11(14)7-10(9-15)8-12(13)16/h7-8H,2-6,16H2,1H3. The third-order valence-electron chi connectivity index (χ3n) is 2.32. The molecule has 0 aliphatic heterocycles. The second kappa shape index (κ2) is 8.16. The number of nitriles is 1. The number of ether oxygens (including phenoxy) is 2. The molecule has 0 atom stereocenters. The molecular weight excluding hydrogens is 343 g/mol. The van der Waals surface area contributed by atoms with Crippen LogP contribution < -0.4 is 10.5 Å². The molecule has 4 nitrogen and oxygen atoms in total. The van der Waals surface area contributed by atoms with Crippen LogP contribution in [-0.4, -0.2) is 19.8 Å². The molecule has 0 amide bonds. The first-order valence-electron chi connectivity index (χ1n) is 5.88. The van der Waals surface area contributed by atoms with Crippen molar-refractivity contribution in [1.29, 1.82) is 5.26 Å². The van der Waals surface area contributed by atoms with Gasteiger partial charge in [0.15, 0.2) is 5.75 Å². The monoisotopic (exact) mass is 360 g/mol. The van der Waals surface area contributed by atoms with Gasteiger partial charge in [-0.05, 0) is 41.1 Å². The number of hydrogen-bond donors (Lipinski definition) is 1. The molecule has 1 rings (SSSR count). The molecule has 0 saturated heterocycles. The van der Waals surface area contributed by atoms with Gasteiger partial charge in [0.1, 0.15) is 6.61 Å². The Kier molecular flexibility index (Phi) is 6.83. The van der Waals surface area contributed by atoms with Gasteiger partial charge in [-0.3, -0.25) is 0 Å². The lowest BCUT2D eigenvalue weighted by atomic mass is 10.2. The summed E-state index contributed by atoms with van der Waals surface area (Å²) in [6, 6.07) is 5.44. The van der Waals surface area contributed by atoms with Crippen LogP contribution in [0.2, 0.25) is 0 Å². The van der Waals surface area contributed by atoms with E-state index < -0.39 is 0 Å². The molecule has 0 fully saturated rings. The van der Waals surface area contributed by atoms with Crippen molar-refractivity contribution in [2.24, 2.45) is 0 Å². The van der Waals surface area contributed by atoms with Crippen LogP contribution in [-0.2, 0) is 4.74 Å². The molecule has 98 valence electrons. The predicted octanol–water partition coefficient (Wildman–Crippen LogP) is 2.94. The number of rotatable bonds is 7. The van der Waals surface area contributed by atoms with Crippen molar-refractivity contribution in [1.82, 2.24) is 0 Å². The van der Waals surface area contributed by atoms with E-state index in [1.54, 1.807) is 12.1 Å². The fraction of sp³-hybridized carbons (Fsp3) is 0.462. The van der Waals surface area contributed by atoms with E-state index in [0.29, 0.717) is 30.2 Å². The second-order valence-corrected chi connectivity index (χ2v) is 4.96. The van der Waals surface area contributed by atoms with E-state index in [4.69, 9.17) is 20.5 Å². The van der Waals surface area contributed by atoms with E-state index in [1.807, 2.05) is 0 Å². The Morgan fingerprint density at radius 2 is 2.11 bits per heavy atom. The molecule has 1 aromatic carbocycles. The molecule has 0 radical (unpaired) electrons. The highest BCUT2D eigenvalue weighted by Crippen LogP contribution is 2.29. The SMILES string of the molecule is CCCCOCCOc1c(N)cc(C#N)cc1I. The van der Waals surface area contributed by atoms with E-state index in [9.17, 15) is 0 Å². The maximum Gasteiger partial charge on any atom is 0.155 e.